The van der Waals surface area contributed by atoms with Gasteiger partial charge in [0.2, 0.25) is 17.7 Å². The van der Waals surface area contributed by atoms with Crippen LogP contribution >= 0.6 is 0 Å². The van der Waals surface area contributed by atoms with Crippen LogP contribution in [0.4, 0.5) is 11.4 Å². The second-order valence-corrected chi connectivity index (χ2v) is 11.8. The zero-order chi connectivity index (χ0) is 33.3. The maximum Gasteiger partial charge on any atom is 0.255 e. The van der Waals surface area contributed by atoms with Gasteiger partial charge >= 0.3 is 0 Å². The average molecular weight is 651 g/mol. The van der Waals surface area contributed by atoms with Crippen LogP contribution in [0.25, 0.3) is 0 Å². The lowest BCUT2D eigenvalue weighted by molar-refractivity contribution is -0.137. The van der Waals surface area contributed by atoms with E-state index >= 15 is 0 Å². The van der Waals surface area contributed by atoms with Gasteiger partial charge in [-0.05, 0) is 49.6 Å². The molecule has 5 amide bonds. The van der Waals surface area contributed by atoms with Gasteiger partial charge < -0.3 is 40.4 Å². The van der Waals surface area contributed by atoms with Crippen LogP contribution in [-0.4, -0.2) is 105 Å². The fourth-order valence-corrected chi connectivity index (χ4v) is 6.02. The van der Waals surface area contributed by atoms with Gasteiger partial charge in [0, 0.05) is 61.0 Å². The van der Waals surface area contributed by atoms with Crippen molar-refractivity contribution in [2.75, 3.05) is 64.2 Å². The number of imide groups is 1. The summed E-state index contributed by atoms with van der Waals surface area (Å²) < 4.78 is 16.5. The summed E-state index contributed by atoms with van der Waals surface area (Å²) in [6.45, 7) is 4.21. The van der Waals surface area contributed by atoms with Crippen molar-refractivity contribution in [1.29, 1.82) is 0 Å². The van der Waals surface area contributed by atoms with E-state index in [9.17, 15) is 24.0 Å². The minimum Gasteiger partial charge on any atom is -0.495 e. The van der Waals surface area contributed by atoms with Crippen LogP contribution in [0.2, 0.25) is 0 Å². The van der Waals surface area contributed by atoms with Crippen molar-refractivity contribution in [1.82, 2.24) is 20.4 Å². The molecule has 2 aromatic carbocycles. The van der Waals surface area contributed by atoms with Gasteiger partial charge in [0.15, 0.2) is 0 Å². The SMILES string of the molecule is COc1cc(C(=O)NC2CCN(CCOCCOCCC(=O)Nc3cccc4c3CN(C3CCC(=O)NC3=O)C4=O)CC2)ccc1N. The van der Waals surface area contributed by atoms with Gasteiger partial charge in [-0.3, -0.25) is 29.3 Å². The number of nitrogens with two attached hydrogens (primary N) is 1. The summed E-state index contributed by atoms with van der Waals surface area (Å²) in [5.74, 6) is -1.02. The third kappa shape index (κ3) is 8.64. The average Bonchev–Trinajstić information content (AvgIpc) is 3.39. The number of hydrogen-bond acceptors (Lipinski definition) is 10. The molecule has 5 rings (SSSR count). The Bertz CT molecular complexity index is 1490. The first kappa shape index (κ1) is 33.8. The Hall–Kier alpha value is -4.53. The van der Waals surface area contributed by atoms with E-state index in [0.29, 0.717) is 53.6 Å². The number of benzene rings is 2. The topological polar surface area (TPSA) is 182 Å². The maximum atomic E-state index is 13.0. The van der Waals surface area contributed by atoms with Gasteiger partial charge in [0.25, 0.3) is 11.8 Å². The van der Waals surface area contributed by atoms with Crippen molar-refractivity contribution >= 4 is 40.9 Å². The van der Waals surface area contributed by atoms with Crippen LogP contribution in [0.1, 0.15) is 58.4 Å². The van der Waals surface area contributed by atoms with Gasteiger partial charge in [-0.15, -0.1) is 0 Å². The van der Waals surface area contributed by atoms with E-state index in [1.54, 1.807) is 36.4 Å². The van der Waals surface area contributed by atoms with Crippen LogP contribution in [0.3, 0.4) is 0 Å². The molecule has 14 nitrogen and oxygen atoms in total. The molecular formula is C33H42N6O8. The molecule has 0 bridgehead atoms. The number of amides is 5. The molecule has 14 heteroatoms. The van der Waals surface area contributed by atoms with Crippen LogP contribution < -0.4 is 26.4 Å². The number of piperidine rings is 2. The second kappa shape index (κ2) is 15.8. The van der Waals surface area contributed by atoms with Gasteiger partial charge in [-0.1, -0.05) is 6.07 Å². The Kier molecular flexibility index (Phi) is 11.4. The van der Waals surface area contributed by atoms with Crippen molar-refractivity contribution in [2.24, 2.45) is 0 Å². The first-order chi connectivity index (χ1) is 22.7. The van der Waals surface area contributed by atoms with E-state index in [0.717, 1.165) is 32.5 Å². The predicted octanol–water partition coefficient (Wildman–Crippen LogP) is 1.29. The molecule has 3 heterocycles. The molecule has 0 saturated carbocycles. The maximum absolute atomic E-state index is 13.0. The standard InChI is InChI=1S/C33H42N6O8/c1-45-28-19-21(5-6-25(28)34)31(42)35-22-9-12-38(13-10-22)14-16-47-18-17-46-15-11-30(41)36-26-4-2-3-23-24(26)20-39(33(23)44)27-7-8-29(40)37-32(27)43/h2-6,19,22,27H,7-18,20,34H2,1H3,(H,35,42)(H,36,41)(H,37,40,43). The highest BCUT2D eigenvalue weighted by Crippen LogP contribution is 2.32. The molecule has 0 radical (unpaired) electrons. The van der Waals surface area contributed by atoms with E-state index in [2.05, 4.69) is 20.9 Å². The van der Waals surface area contributed by atoms with E-state index < -0.39 is 11.9 Å². The summed E-state index contributed by atoms with van der Waals surface area (Å²) in [5, 5.41) is 8.25. The monoisotopic (exact) mass is 650 g/mol. The quantitative estimate of drug-likeness (QED) is 0.132. The molecule has 1 atom stereocenters. The molecule has 3 aliphatic rings. The predicted molar refractivity (Wildman–Crippen MR) is 172 cm³/mol. The summed E-state index contributed by atoms with van der Waals surface area (Å²) in [4.78, 5) is 65.8. The lowest BCUT2D eigenvalue weighted by Gasteiger charge is -2.32. The number of fused-ring (bicyclic) bond motifs is 1. The Morgan fingerprint density at radius 1 is 1.00 bits per heavy atom. The van der Waals surface area contributed by atoms with Crippen LogP contribution in [-0.2, 0) is 30.4 Å². The molecule has 2 fully saturated rings. The third-order valence-electron chi connectivity index (χ3n) is 8.67. The molecule has 0 aromatic heterocycles. The van der Waals surface area contributed by atoms with Crippen LogP contribution in [0.15, 0.2) is 36.4 Å². The van der Waals surface area contributed by atoms with Gasteiger partial charge in [0.05, 0.1) is 45.6 Å². The molecule has 2 saturated heterocycles. The molecule has 252 valence electrons. The van der Waals surface area contributed by atoms with Gasteiger partial charge in [-0.2, -0.15) is 0 Å². The molecule has 0 spiro atoms. The largest absolute Gasteiger partial charge is 0.495 e. The fraction of sp³-hybridized carbons (Fsp3) is 0.485. The summed E-state index contributed by atoms with van der Waals surface area (Å²) in [5.41, 5.74) is 8.46. The minimum absolute atomic E-state index is 0.103. The minimum atomic E-state index is -0.717. The van der Waals surface area contributed by atoms with Crippen molar-refractivity contribution in [2.45, 2.75) is 50.7 Å². The molecule has 47 heavy (non-hydrogen) atoms. The zero-order valence-electron chi connectivity index (χ0n) is 26.5. The summed E-state index contributed by atoms with van der Waals surface area (Å²) in [6.07, 6.45) is 2.28. The number of methoxy groups -OCH3 is 1. The number of carbonyl (C=O) groups is 5. The molecular weight excluding hydrogens is 608 g/mol. The number of carbonyl (C=O) groups excluding carboxylic acids is 5. The number of nitrogens with zero attached hydrogens (tertiary/aromatic N) is 2. The Morgan fingerprint density at radius 3 is 2.51 bits per heavy atom. The third-order valence-corrected chi connectivity index (χ3v) is 8.67. The first-order valence-electron chi connectivity index (χ1n) is 15.9. The van der Waals surface area contributed by atoms with E-state index in [4.69, 9.17) is 19.9 Å². The number of nitrogen functional groups attached to an aromatic ring is 1. The fourth-order valence-electron chi connectivity index (χ4n) is 6.02. The van der Waals surface area contributed by atoms with E-state index in [1.807, 2.05) is 0 Å². The highest BCUT2D eigenvalue weighted by Gasteiger charge is 2.40. The van der Waals surface area contributed by atoms with Crippen LogP contribution in [0, 0.1) is 0 Å². The highest BCUT2D eigenvalue weighted by atomic mass is 16.5. The smallest absolute Gasteiger partial charge is 0.255 e. The Morgan fingerprint density at radius 2 is 1.77 bits per heavy atom. The normalized spacial score (nSPS) is 18.5. The first-order valence-corrected chi connectivity index (χ1v) is 15.9. The molecule has 2 aromatic rings. The van der Waals surface area contributed by atoms with Crippen molar-refractivity contribution in [3.8, 4) is 5.75 Å². The summed E-state index contributed by atoms with van der Waals surface area (Å²) in [6, 6.07) is 9.49. The molecule has 1 unspecified atom stereocenters. The van der Waals surface area contributed by atoms with Crippen molar-refractivity contribution in [3.63, 3.8) is 0 Å². The number of ether oxygens (including phenoxy) is 3. The molecule has 3 aliphatic heterocycles. The number of anilines is 2. The van der Waals surface area contributed by atoms with E-state index in [1.165, 1.54) is 12.0 Å². The summed E-state index contributed by atoms with van der Waals surface area (Å²) in [7, 11) is 1.52. The number of hydrogen-bond donors (Lipinski definition) is 4. The Labute approximate surface area is 273 Å². The lowest BCUT2D eigenvalue weighted by Crippen LogP contribution is -2.52. The highest BCUT2D eigenvalue weighted by molar-refractivity contribution is 6.06. The van der Waals surface area contributed by atoms with Crippen molar-refractivity contribution < 1.29 is 38.2 Å². The van der Waals surface area contributed by atoms with Crippen molar-refractivity contribution in [3.05, 3.63) is 53.1 Å². The van der Waals surface area contributed by atoms with Crippen LogP contribution in [0.5, 0.6) is 5.75 Å². The summed E-state index contributed by atoms with van der Waals surface area (Å²) >= 11 is 0. The van der Waals surface area contributed by atoms with Gasteiger partial charge in [-0.25, -0.2) is 0 Å². The lowest BCUT2D eigenvalue weighted by atomic mass is 10.0. The Balaban J connectivity index is 0.925. The number of nitrogens with one attached hydrogen (secondary N) is 3. The molecule has 5 N–H and O–H groups in total. The number of rotatable bonds is 14. The van der Waals surface area contributed by atoms with E-state index in [-0.39, 0.29) is 62.1 Å². The van der Waals surface area contributed by atoms with Gasteiger partial charge in [0.1, 0.15) is 11.8 Å². The molecule has 0 aliphatic carbocycles. The second-order valence-electron chi connectivity index (χ2n) is 11.8. The zero-order valence-corrected chi connectivity index (χ0v) is 26.5. The number of likely N-dealkylation sites (tertiary alicyclic amines) is 1.